The molecule has 4 heterocycles. The molecule has 0 aromatic carbocycles. The van der Waals surface area contributed by atoms with E-state index in [0.29, 0.717) is 25.4 Å². The largest absolute Gasteiger partial charge is 0.490 e. The van der Waals surface area contributed by atoms with Crippen LogP contribution in [-0.4, -0.2) is 103 Å². The van der Waals surface area contributed by atoms with Crippen molar-refractivity contribution in [2.75, 3.05) is 13.2 Å². The Hall–Kier alpha value is -3.98. The number of aliphatic carboxylic acids is 3. The van der Waals surface area contributed by atoms with Crippen LogP contribution >= 0.6 is 0 Å². The molecule has 3 atom stereocenters. The molecule has 2 aliphatic heterocycles. The van der Waals surface area contributed by atoms with Crippen molar-refractivity contribution in [2.45, 2.75) is 69.2 Å². The number of ether oxygens (including phenoxy) is 2. The molecule has 12 nitrogen and oxygen atoms in total. The molecule has 0 aliphatic carbocycles. The number of hydrogen-bond acceptors (Lipinski definition) is 8. The first kappa shape index (κ1) is 40.0. The predicted molar refractivity (Wildman–Crippen MR) is 135 cm³/mol. The van der Waals surface area contributed by atoms with Gasteiger partial charge in [0.05, 0.1) is 31.6 Å². The van der Waals surface area contributed by atoms with E-state index in [0.717, 1.165) is 31.5 Å². The van der Waals surface area contributed by atoms with Crippen molar-refractivity contribution >= 4 is 17.9 Å². The lowest BCUT2D eigenvalue weighted by molar-refractivity contribution is -0.193. The molecule has 1 unspecified atom stereocenters. The van der Waals surface area contributed by atoms with Crippen LogP contribution < -0.4 is 0 Å². The molecule has 21 heteroatoms. The number of fused-ring (bicyclic) bond motifs is 1. The van der Waals surface area contributed by atoms with Crippen molar-refractivity contribution in [2.24, 2.45) is 7.05 Å². The van der Waals surface area contributed by atoms with E-state index < -0.39 is 36.4 Å². The molecule has 0 radical (unpaired) electrons. The Labute approximate surface area is 254 Å². The van der Waals surface area contributed by atoms with Gasteiger partial charge in [-0.15, -0.1) is 0 Å². The standard InChI is InChI=1S/C19H26N4O2.3C2HF3O2/c1-22-11-16(10-21-22)12-23-8-6-19-18(23)5-4-17(25-19)14-24-13-15-3-2-7-20-9-15;3*3-2(4,5)1(6)7/h2-3,7,9-11,17-19H,4-6,8,12-14H2,1H3;3*(H,6,7)/t17?,18-,19-;;;/m0.../s1. The normalized spacial score (nSPS) is 19.7. The summed E-state index contributed by atoms with van der Waals surface area (Å²) in [7, 11) is 1.97. The molecule has 0 amide bonds. The zero-order valence-electron chi connectivity index (χ0n) is 23.7. The Morgan fingerprint density at radius 2 is 1.43 bits per heavy atom. The van der Waals surface area contributed by atoms with Gasteiger partial charge in [0.2, 0.25) is 0 Å². The smallest absolute Gasteiger partial charge is 0.475 e. The lowest BCUT2D eigenvalue weighted by atomic mass is 9.99. The molecule has 260 valence electrons. The predicted octanol–water partition coefficient (Wildman–Crippen LogP) is 4.05. The number of likely N-dealkylation sites (tertiary alicyclic amines) is 1. The number of pyridine rings is 1. The minimum absolute atomic E-state index is 0.219. The summed E-state index contributed by atoms with van der Waals surface area (Å²) in [6, 6.07) is 4.52. The summed E-state index contributed by atoms with van der Waals surface area (Å²) in [5, 5.41) is 25.6. The van der Waals surface area contributed by atoms with E-state index in [-0.39, 0.29) is 6.10 Å². The van der Waals surface area contributed by atoms with Gasteiger partial charge in [-0.25, -0.2) is 14.4 Å². The number of hydrogen-bond donors (Lipinski definition) is 3. The Morgan fingerprint density at radius 1 is 0.891 bits per heavy atom. The van der Waals surface area contributed by atoms with E-state index in [4.69, 9.17) is 39.2 Å². The van der Waals surface area contributed by atoms with Gasteiger partial charge in [0.1, 0.15) is 0 Å². The van der Waals surface area contributed by atoms with Gasteiger partial charge >= 0.3 is 36.4 Å². The third-order valence-corrected chi connectivity index (χ3v) is 5.92. The van der Waals surface area contributed by atoms with Gasteiger partial charge in [0.15, 0.2) is 0 Å². The van der Waals surface area contributed by atoms with Crippen LogP contribution in [-0.2, 0) is 44.1 Å². The van der Waals surface area contributed by atoms with Crippen molar-refractivity contribution in [3.63, 3.8) is 0 Å². The van der Waals surface area contributed by atoms with E-state index in [2.05, 4.69) is 21.2 Å². The Kier molecular flexibility index (Phi) is 15.4. The maximum absolute atomic E-state index is 10.6. The lowest BCUT2D eigenvalue weighted by Gasteiger charge is -2.35. The SMILES string of the molecule is Cn1cc(CN2CC[C@@H]3OC(COCc4cccnc4)CC[C@@H]32)cn1.O=C(O)C(F)(F)F.O=C(O)C(F)(F)F.O=C(O)C(F)(F)F. The van der Waals surface area contributed by atoms with Crippen molar-refractivity contribution in [3.8, 4) is 0 Å². The number of aromatic nitrogens is 3. The van der Waals surface area contributed by atoms with Crippen LogP contribution in [0, 0.1) is 0 Å². The van der Waals surface area contributed by atoms with Crippen LogP contribution in [0.25, 0.3) is 0 Å². The number of aryl methyl sites for hydroxylation is 1. The van der Waals surface area contributed by atoms with Crippen LogP contribution in [0.2, 0.25) is 0 Å². The molecule has 2 fully saturated rings. The fraction of sp³-hybridized carbons (Fsp3) is 0.560. The summed E-state index contributed by atoms with van der Waals surface area (Å²) in [5.74, 6) is -8.27. The van der Waals surface area contributed by atoms with Crippen molar-refractivity contribution in [1.29, 1.82) is 0 Å². The van der Waals surface area contributed by atoms with Gasteiger partial charge in [-0.3, -0.25) is 14.6 Å². The first-order valence-electron chi connectivity index (χ1n) is 12.8. The molecule has 4 rings (SSSR count). The number of halogens is 9. The minimum Gasteiger partial charge on any atom is -0.475 e. The molecule has 2 saturated heterocycles. The third-order valence-electron chi connectivity index (χ3n) is 5.92. The second-order valence-corrected chi connectivity index (χ2v) is 9.51. The summed E-state index contributed by atoms with van der Waals surface area (Å²) < 4.78 is 109. The number of carboxylic acids is 3. The fourth-order valence-corrected chi connectivity index (χ4v) is 3.98. The van der Waals surface area contributed by atoms with Crippen molar-refractivity contribution in [1.82, 2.24) is 19.7 Å². The minimum atomic E-state index is -5.08. The van der Waals surface area contributed by atoms with Crippen LogP contribution in [0.4, 0.5) is 39.5 Å². The van der Waals surface area contributed by atoms with Gasteiger partial charge in [-0.05, 0) is 30.9 Å². The molecule has 2 aliphatic rings. The molecule has 2 aromatic rings. The molecule has 46 heavy (non-hydrogen) atoms. The number of alkyl halides is 9. The lowest BCUT2D eigenvalue weighted by Crippen LogP contribution is -2.43. The molecule has 0 saturated carbocycles. The maximum Gasteiger partial charge on any atom is 0.490 e. The highest BCUT2D eigenvalue weighted by Crippen LogP contribution is 2.32. The zero-order valence-corrected chi connectivity index (χ0v) is 23.7. The average Bonchev–Trinajstić information content (AvgIpc) is 3.54. The molecular weight excluding hydrogens is 655 g/mol. The highest BCUT2D eigenvalue weighted by molar-refractivity contribution is 5.73. The summed E-state index contributed by atoms with van der Waals surface area (Å²) >= 11 is 0. The number of rotatable bonds is 6. The topological polar surface area (TPSA) is 164 Å². The molecule has 0 spiro atoms. The molecule has 2 aromatic heterocycles. The number of nitrogens with zero attached hydrogens (tertiary/aromatic N) is 4. The summed E-state index contributed by atoms with van der Waals surface area (Å²) in [4.78, 5) is 33.4. The van der Waals surface area contributed by atoms with E-state index in [1.165, 1.54) is 12.0 Å². The van der Waals surface area contributed by atoms with E-state index >= 15 is 0 Å². The van der Waals surface area contributed by atoms with Gasteiger partial charge in [-0.2, -0.15) is 44.6 Å². The zero-order chi connectivity index (χ0) is 35.3. The fourth-order valence-electron chi connectivity index (χ4n) is 3.98. The second-order valence-electron chi connectivity index (χ2n) is 9.51. The molecule has 3 N–H and O–H groups in total. The van der Waals surface area contributed by atoms with Crippen LogP contribution in [0.3, 0.4) is 0 Å². The van der Waals surface area contributed by atoms with E-state index in [1.54, 1.807) is 6.20 Å². The Balaban J connectivity index is 0.000000413. The van der Waals surface area contributed by atoms with Crippen molar-refractivity contribution in [3.05, 3.63) is 48.0 Å². The second kappa shape index (κ2) is 17.6. The van der Waals surface area contributed by atoms with Crippen LogP contribution in [0.5, 0.6) is 0 Å². The maximum atomic E-state index is 10.6. The number of carboxylic acid groups (broad SMARTS) is 3. The average molecular weight is 685 g/mol. The summed E-state index contributed by atoms with van der Waals surface area (Å²) in [6.45, 7) is 3.35. The van der Waals surface area contributed by atoms with Crippen LogP contribution in [0.1, 0.15) is 30.4 Å². The highest BCUT2D eigenvalue weighted by atomic mass is 19.4. The highest BCUT2D eigenvalue weighted by Gasteiger charge is 2.41. The van der Waals surface area contributed by atoms with Crippen molar-refractivity contribution < 1.29 is 78.7 Å². The first-order valence-corrected chi connectivity index (χ1v) is 12.8. The monoisotopic (exact) mass is 684 g/mol. The summed E-state index contributed by atoms with van der Waals surface area (Å²) in [6.07, 6.45) is -3.61. The molecular formula is C25H29F9N4O8. The first-order chi connectivity index (χ1) is 21.1. The van der Waals surface area contributed by atoms with Crippen LogP contribution in [0.15, 0.2) is 36.9 Å². The Morgan fingerprint density at radius 3 is 1.87 bits per heavy atom. The van der Waals surface area contributed by atoms with Gasteiger partial charge < -0.3 is 24.8 Å². The van der Waals surface area contributed by atoms with Gasteiger partial charge in [-0.1, -0.05) is 6.07 Å². The quantitative estimate of drug-likeness (QED) is 0.376. The van der Waals surface area contributed by atoms with Gasteiger partial charge in [0.25, 0.3) is 0 Å². The van der Waals surface area contributed by atoms with Gasteiger partial charge in [0, 0.05) is 50.3 Å². The Bertz CT molecular complexity index is 1180. The molecule has 0 bridgehead atoms. The number of carbonyl (C=O) groups is 3. The summed E-state index contributed by atoms with van der Waals surface area (Å²) in [5.41, 5.74) is 2.39. The van der Waals surface area contributed by atoms with E-state index in [1.807, 2.05) is 36.3 Å². The third kappa shape index (κ3) is 15.3. The van der Waals surface area contributed by atoms with E-state index in [9.17, 15) is 39.5 Å².